The Morgan fingerprint density at radius 1 is 1.04 bits per heavy atom. The Labute approximate surface area is 164 Å². The Balaban J connectivity index is 2.01. The average molecular weight is 376 g/mol. The Hall–Kier alpha value is -1.59. The van der Waals surface area contributed by atoms with Crippen molar-refractivity contribution in [1.82, 2.24) is 15.8 Å². The number of hydrogen-bond acceptors (Lipinski definition) is 4. The van der Waals surface area contributed by atoms with Crippen LogP contribution in [0.1, 0.15) is 59.1 Å². The second kappa shape index (κ2) is 9.07. The average Bonchev–Trinajstić information content (AvgIpc) is 3.04. The molecule has 1 saturated heterocycles. The Kier molecular flexibility index (Phi) is 7.29. The predicted octanol–water partition coefficient (Wildman–Crippen LogP) is 4.13. The summed E-state index contributed by atoms with van der Waals surface area (Å²) >= 11 is 0. The summed E-state index contributed by atoms with van der Waals surface area (Å²) < 4.78 is 5.63. The molecule has 1 aliphatic heterocycles. The molecule has 0 radical (unpaired) electrons. The van der Waals surface area contributed by atoms with Crippen molar-refractivity contribution in [2.45, 2.75) is 66.5 Å². The van der Waals surface area contributed by atoms with Crippen LogP contribution in [0.25, 0.3) is 0 Å². The van der Waals surface area contributed by atoms with Gasteiger partial charge in [0, 0.05) is 32.1 Å². The normalized spacial score (nSPS) is 15.8. The van der Waals surface area contributed by atoms with Crippen LogP contribution in [0.3, 0.4) is 0 Å². The minimum Gasteiger partial charge on any atom is -0.444 e. The Morgan fingerprint density at radius 3 is 2.11 bits per heavy atom. The van der Waals surface area contributed by atoms with Gasteiger partial charge in [-0.2, -0.15) is 0 Å². The summed E-state index contributed by atoms with van der Waals surface area (Å²) in [4.78, 5) is 14.5. The number of aryl methyl sites for hydroxylation is 1. The molecule has 152 valence electrons. The van der Waals surface area contributed by atoms with E-state index >= 15 is 0 Å². The molecular formula is C22H37N3O2. The quantitative estimate of drug-likeness (QED) is 0.785. The van der Waals surface area contributed by atoms with Crippen LogP contribution in [0.4, 0.5) is 4.79 Å². The fourth-order valence-corrected chi connectivity index (χ4v) is 3.03. The minimum atomic E-state index is -0.488. The maximum absolute atomic E-state index is 12.7. The summed E-state index contributed by atoms with van der Waals surface area (Å²) in [6.45, 7) is 15.5. The highest BCUT2D eigenvalue weighted by Gasteiger charge is 2.26. The van der Waals surface area contributed by atoms with E-state index in [2.05, 4.69) is 55.9 Å². The highest BCUT2D eigenvalue weighted by Crippen LogP contribution is 2.22. The SMILES string of the molecule is CC(C)(C)CCc1ccc(CN(CC2CNNC2)C(=O)OC(C)(C)C)cc1. The molecule has 1 amide bonds. The molecule has 2 rings (SSSR count). The van der Waals surface area contributed by atoms with E-state index in [0.717, 1.165) is 31.5 Å². The van der Waals surface area contributed by atoms with Crippen molar-refractivity contribution >= 4 is 6.09 Å². The van der Waals surface area contributed by atoms with Gasteiger partial charge in [0.15, 0.2) is 0 Å². The van der Waals surface area contributed by atoms with Crippen LogP contribution < -0.4 is 10.9 Å². The maximum atomic E-state index is 12.7. The number of ether oxygens (including phenoxy) is 1. The predicted molar refractivity (Wildman–Crippen MR) is 110 cm³/mol. The lowest BCUT2D eigenvalue weighted by Gasteiger charge is -2.29. The largest absolute Gasteiger partial charge is 0.444 e. The molecule has 1 aromatic rings. The van der Waals surface area contributed by atoms with E-state index in [-0.39, 0.29) is 6.09 Å². The highest BCUT2D eigenvalue weighted by atomic mass is 16.6. The van der Waals surface area contributed by atoms with Crippen molar-refractivity contribution in [3.8, 4) is 0 Å². The molecule has 5 nitrogen and oxygen atoms in total. The second-order valence-corrected chi connectivity index (χ2v) is 9.87. The Morgan fingerprint density at radius 2 is 1.59 bits per heavy atom. The van der Waals surface area contributed by atoms with Gasteiger partial charge in [-0.25, -0.2) is 4.79 Å². The first kappa shape index (κ1) is 21.7. The van der Waals surface area contributed by atoms with Crippen molar-refractivity contribution in [2.75, 3.05) is 19.6 Å². The molecule has 0 spiro atoms. The summed E-state index contributed by atoms with van der Waals surface area (Å²) in [5.41, 5.74) is 8.61. The maximum Gasteiger partial charge on any atom is 0.410 e. The van der Waals surface area contributed by atoms with E-state index in [0.29, 0.717) is 24.4 Å². The number of hydrazine groups is 1. The first-order valence-corrected chi connectivity index (χ1v) is 10.0. The number of carbonyl (C=O) groups excluding carboxylic acids is 1. The molecule has 1 aliphatic rings. The van der Waals surface area contributed by atoms with E-state index in [1.54, 1.807) is 0 Å². The molecule has 0 atom stereocenters. The van der Waals surface area contributed by atoms with Gasteiger partial charge in [-0.15, -0.1) is 0 Å². The van der Waals surface area contributed by atoms with E-state index < -0.39 is 5.60 Å². The van der Waals surface area contributed by atoms with Gasteiger partial charge >= 0.3 is 6.09 Å². The molecule has 1 aromatic carbocycles. The number of benzene rings is 1. The van der Waals surface area contributed by atoms with Crippen LogP contribution >= 0.6 is 0 Å². The Bertz CT molecular complexity index is 593. The van der Waals surface area contributed by atoms with Crippen molar-refractivity contribution in [3.63, 3.8) is 0 Å². The summed E-state index contributed by atoms with van der Waals surface area (Å²) in [6, 6.07) is 8.65. The molecule has 0 bridgehead atoms. The highest BCUT2D eigenvalue weighted by molar-refractivity contribution is 5.68. The smallest absolute Gasteiger partial charge is 0.410 e. The van der Waals surface area contributed by atoms with Crippen LogP contribution in [0, 0.1) is 11.3 Å². The second-order valence-electron chi connectivity index (χ2n) is 9.87. The summed E-state index contributed by atoms with van der Waals surface area (Å²) in [5.74, 6) is 0.392. The van der Waals surface area contributed by atoms with Crippen LogP contribution in [0.15, 0.2) is 24.3 Å². The third kappa shape index (κ3) is 8.31. The fraction of sp³-hybridized carbons (Fsp3) is 0.682. The van der Waals surface area contributed by atoms with E-state index in [9.17, 15) is 4.79 Å². The molecule has 1 heterocycles. The molecule has 0 saturated carbocycles. The number of carbonyl (C=O) groups is 1. The summed E-state index contributed by atoms with van der Waals surface area (Å²) in [6.07, 6.45) is 2.00. The topological polar surface area (TPSA) is 53.6 Å². The molecule has 0 aromatic heterocycles. The van der Waals surface area contributed by atoms with Crippen molar-refractivity contribution in [3.05, 3.63) is 35.4 Å². The molecule has 2 N–H and O–H groups in total. The molecule has 27 heavy (non-hydrogen) atoms. The van der Waals surface area contributed by atoms with Gasteiger partial charge in [-0.1, -0.05) is 45.0 Å². The number of amides is 1. The minimum absolute atomic E-state index is 0.244. The first-order valence-electron chi connectivity index (χ1n) is 10.0. The summed E-state index contributed by atoms with van der Waals surface area (Å²) in [7, 11) is 0. The van der Waals surface area contributed by atoms with E-state index in [4.69, 9.17) is 4.74 Å². The number of rotatable bonds is 6. The van der Waals surface area contributed by atoms with Crippen LogP contribution in [0.2, 0.25) is 0 Å². The zero-order valence-corrected chi connectivity index (χ0v) is 17.9. The van der Waals surface area contributed by atoms with Gasteiger partial charge in [0.05, 0.1) is 0 Å². The van der Waals surface area contributed by atoms with Gasteiger partial charge in [-0.05, 0) is 50.2 Å². The van der Waals surface area contributed by atoms with Crippen molar-refractivity contribution in [2.24, 2.45) is 11.3 Å². The van der Waals surface area contributed by atoms with Gasteiger partial charge in [-0.3, -0.25) is 10.9 Å². The van der Waals surface area contributed by atoms with Crippen molar-refractivity contribution < 1.29 is 9.53 Å². The zero-order valence-electron chi connectivity index (χ0n) is 17.9. The monoisotopic (exact) mass is 375 g/mol. The molecule has 0 aliphatic carbocycles. The lowest BCUT2D eigenvalue weighted by molar-refractivity contribution is 0.0210. The van der Waals surface area contributed by atoms with Crippen LogP contribution in [-0.4, -0.2) is 36.2 Å². The molecule has 0 unspecified atom stereocenters. The van der Waals surface area contributed by atoms with Crippen LogP contribution in [0.5, 0.6) is 0 Å². The fourth-order valence-electron chi connectivity index (χ4n) is 3.03. The van der Waals surface area contributed by atoms with Gasteiger partial charge in [0.1, 0.15) is 5.60 Å². The number of nitrogens with zero attached hydrogens (tertiary/aromatic N) is 1. The van der Waals surface area contributed by atoms with Gasteiger partial charge < -0.3 is 9.64 Å². The zero-order chi connectivity index (χ0) is 20.1. The van der Waals surface area contributed by atoms with Gasteiger partial charge in [0.2, 0.25) is 0 Å². The molecular weight excluding hydrogens is 338 g/mol. The van der Waals surface area contributed by atoms with E-state index in [1.165, 1.54) is 5.56 Å². The number of nitrogens with one attached hydrogen (secondary N) is 2. The lowest BCUT2D eigenvalue weighted by Crippen LogP contribution is -2.40. The van der Waals surface area contributed by atoms with Crippen molar-refractivity contribution in [1.29, 1.82) is 0 Å². The van der Waals surface area contributed by atoms with E-state index in [1.807, 2.05) is 25.7 Å². The molecule has 5 heteroatoms. The molecule has 1 fully saturated rings. The number of hydrogen-bond donors (Lipinski definition) is 2. The first-order chi connectivity index (χ1) is 12.5. The third-order valence-electron chi connectivity index (χ3n) is 4.60. The van der Waals surface area contributed by atoms with Gasteiger partial charge in [0.25, 0.3) is 0 Å². The summed E-state index contributed by atoms with van der Waals surface area (Å²) in [5, 5.41) is 0. The lowest BCUT2D eigenvalue weighted by atomic mass is 9.88. The third-order valence-corrected chi connectivity index (χ3v) is 4.60. The standard InChI is InChI=1S/C22H37N3O2/c1-21(2,3)12-11-17-7-9-18(10-8-17)15-25(16-19-13-23-24-14-19)20(26)27-22(4,5)6/h7-10,19,23-24H,11-16H2,1-6H3. The van der Waals surface area contributed by atoms with Crippen LogP contribution in [-0.2, 0) is 17.7 Å².